The van der Waals surface area contributed by atoms with E-state index in [1.54, 1.807) is 48.4 Å². The predicted molar refractivity (Wildman–Crippen MR) is 101 cm³/mol. The minimum absolute atomic E-state index is 0.183. The average Bonchev–Trinajstić information content (AvgIpc) is 3.37. The minimum Gasteiger partial charge on any atom is -0.497 e. The molecule has 0 spiro atoms. The lowest BCUT2D eigenvalue weighted by Gasteiger charge is -2.17. The summed E-state index contributed by atoms with van der Waals surface area (Å²) in [6.45, 7) is 0.588. The summed E-state index contributed by atoms with van der Waals surface area (Å²) in [5.74, 6) is 0.587. The van der Waals surface area contributed by atoms with Crippen LogP contribution in [-0.4, -0.2) is 25.5 Å². The van der Waals surface area contributed by atoms with Gasteiger partial charge in [0.1, 0.15) is 5.75 Å². The second kappa shape index (κ2) is 6.99. The Morgan fingerprint density at radius 1 is 1.11 bits per heavy atom. The third kappa shape index (κ3) is 3.29. The fraction of sp³-hybridized carbons (Fsp3) is 0.143. The molecule has 1 N–H and O–H groups in total. The van der Waals surface area contributed by atoms with E-state index in [1.807, 2.05) is 18.2 Å². The van der Waals surface area contributed by atoms with Crippen LogP contribution in [0.25, 0.3) is 0 Å². The zero-order valence-electron chi connectivity index (χ0n) is 14.8. The fourth-order valence-electron chi connectivity index (χ4n) is 3.15. The zero-order valence-corrected chi connectivity index (χ0v) is 14.8. The van der Waals surface area contributed by atoms with Crippen molar-refractivity contribution < 1.29 is 18.7 Å². The SMILES string of the molecule is COc1ccc(C(=O)Nc2ccc3c(c2)N(C(=O)c2ccco2)CC3)cc1. The molecule has 0 aliphatic carbocycles. The molecule has 136 valence electrons. The van der Waals surface area contributed by atoms with Crippen LogP contribution in [0.3, 0.4) is 0 Å². The predicted octanol–water partition coefficient (Wildman–Crippen LogP) is 3.74. The molecule has 1 aliphatic heterocycles. The van der Waals surface area contributed by atoms with E-state index in [9.17, 15) is 9.59 Å². The van der Waals surface area contributed by atoms with Crippen molar-refractivity contribution in [3.63, 3.8) is 0 Å². The van der Waals surface area contributed by atoms with Gasteiger partial charge in [0.05, 0.1) is 13.4 Å². The smallest absolute Gasteiger partial charge is 0.293 e. The summed E-state index contributed by atoms with van der Waals surface area (Å²) in [7, 11) is 1.58. The van der Waals surface area contributed by atoms with Crippen LogP contribution in [0.15, 0.2) is 65.3 Å². The minimum atomic E-state index is -0.223. The molecule has 1 aromatic heterocycles. The van der Waals surface area contributed by atoms with Crippen molar-refractivity contribution in [3.05, 3.63) is 77.7 Å². The van der Waals surface area contributed by atoms with Gasteiger partial charge in [0.2, 0.25) is 0 Å². The standard InChI is InChI=1S/C21H18N2O4/c1-26-17-8-5-15(6-9-17)20(24)22-16-7-4-14-10-11-23(18(14)13-16)21(25)19-3-2-12-27-19/h2-9,12-13H,10-11H2,1H3,(H,22,24). The van der Waals surface area contributed by atoms with Crippen molar-refractivity contribution in [3.8, 4) is 5.75 Å². The number of amides is 2. The highest BCUT2D eigenvalue weighted by atomic mass is 16.5. The van der Waals surface area contributed by atoms with Gasteiger partial charge in [-0.1, -0.05) is 6.07 Å². The first kappa shape index (κ1) is 16.9. The molecule has 2 aromatic carbocycles. The van der Waals surface area contributed by atoms with Crippen LogP contribution in [-0.2, 0) is 6.42 Å². The molecule has 0 bridgehead atoms. The summed E-state index contributed by atoms with van der Waals surface area (Å²) in [5, 5.41) is 2.88. The number of ether oxygens (including phenoxy) is 1. The molecule has 0 radical (unpaired) electrons. The third-order valence-corrected chi connectivity index (χ3v) is 4.57. The van der Waals surface area contributed by atoms with Crippen LogP contribution in [0, 0.1) is 0 Å². The summed E-state index contributed by atoms with van der Waals surface area (Å²) in [6.07, 6.45) is 2.25. The number of rotatable bonds is 4. The molecule has 3 aromatic rings. The molecule has 2 amide bonds. The van der Waals surface area contributed by atoms with E-state index in [4.69, 9.17) is 9.15 Å². The maximum absolute atomic E-state index is 12.6. The number of hydrogen-bond donors (Lipinski definition) is 1. The number of benzene rings is 2. The number of fused-ring (bicyclic) bond motifs is 1. The molecule has 2 heterocycles. The maximum Gasteiger partial charge on any atom is 0.293 e. The van der Waals surface area contributed by atoms with Gasteiger partial charge in [0.25, 0.3) is 11.8 Å². The molecule has 0 atom stereocenters. The third-order valence-electron chi connectivity index (χ3n) is 4.57. The van der Waals surface area contributed by atoms with E-state index < -0.39 is 0 Å². The van der Waals surface area contributed by atoms with E-state index >= 15 is 0 Å². The summed E-state index contributed by atoms with van der Waals surface area (Å²) >= 11 is 0. The Labute approximate surface area is 156 Å². The average molecular weight is 362 g/mol. The van der Waals surface area contributed by atoms with Gasteiger partial charge in [-0.25, -0.2) is 0 Å². The van der Waals surface area contributed by atoms with Gasteiger partial charge in [-0.2, -0.15) is 0 Å². The van der Waals surface area contributed by atoms with Gasteiger partial charge in [-0.3, -0.25) is 9.59 Å². The molecule has 0 saturated carbocycles. The monoisotopic (exact) mass is 362 g/mol. The quantitative estimate of drug-likeness (QED) is 0.767. The van der Waals surface area contributed by atoms with Crippen LogP contribution >= 0.6 is 0 Å². The molecular formula is C21H18N2O4. The molecule has 0 unspecified atom stereocenters. The Kier molecular flexibility index (Phi) is 4.38. The highest BCUT2D eigenvalue weighted by Crippen LogP contribution is 2.32. The van der Waals surface area contributed by atoms with Gasteiger partial charge in [0.15, 0.2) is 5.76 Å². The van der Waals surface area contributed by atoms with Crippen LogP contribution in [0.1, 0.15) is 26.5 Å². The second-order valence-corrected chi connectivity index (χ2v) is 6.21. The Morgan fingerprint density at radius 2 is 1.93 bits per heavy atom. The van der Waals surface area contributed by atoms with Crippen molar-refractivity contribution >= 4 is 23.2 Å². The Morgan fingerprint density at radius 3 is 2.63 bits per heavy atom. The number of nitrogens with zero attached hydrogens (tertiary/aromatic N) is 1. The number of furan rings is 1. The summed E-state index contributed by atoms with van der Waals surface area (Å²) in [5.41, 5.74) is 3.02. The van der Waals surface area contributed by atoms with E-state index in [0.29, 0.717) is 29.3 Å². The number of carbonyl (C=O) groups is 2. The van der Waals surface area contributed by atoms with E-state index in [0.717, 1.165) is 17.7 Å². The molecule has 6 heteroatoms. The van der Waals surface area contributed by atoms with Crippen molar-refractivity contribution in [2.24, 2.45) is 0 Å². The first-order valence-electron chi connectivity index (χ1n) is 8.59. The lowest BCUT2D eigenvalue weighted by molar-refractivity contribution is 0.0962. The molecule has 0 saturated heterocycles. The van der Waals surface area contributed by atoms with Crippen molar-refractivity contribution in [2.45, 2.75) is 6.42 Å². The molecule has 6 nitrogen and oxygen atoms in total. The molecule has 0 fully saturated rings. The lowest BCUT2D eigenvalue weighted by Crippen LogP contribution is -2.28. The Balaban J connectivity index is 1.54. The van der Waals surface area contributed by atoms with Crippen LogP contribution in [0.2, 0.25) is 0 Å². The van der Waals surface area contributed by atoms with Crippen LogP contribution in [0.4, 0.5) is 11.4 Å². The first-order valence-corrected chi connectivity index (χ1v) is 8.59. The molecule has 4 rings (SSSR count). The van der Waals surface area contributed by atoms with Gasteiger partial charge in [-0.05, 0) is 60.5 Å². The van der Waals surface area contributed by atoms with Crippen molar-refractivity contribution in [2.75, 3.05) is 23.9 Å². The number of anilines is 2. The number of nitrogens with one attached hydrogen (secondary N) is 1. The molecular weight excluding hydrogens is 344 g/mol. The van der Waals surface area contributed by atoms with E-state index in [-0.39, 0.29) is 11.8 Å². The summed E-state index contributed by atoms with van der Waals surface area (Å²) in [4.78, 5) is 26.8. The number of methoxy groups -OCH3 is 1. The largest absolute Gasteiger partial charge is 0.497 e. The van der Waals surface area contributed by atoms with Gasteiger partial charge in [0, 0.05) is 23.5 Å². The van der Waals surface area contributed by atoms with Crippen molar-refractivity contribution in [1.29, 1.82) is 0 Å². The Bertz CT molecular complexity index is 978. The van der Waals surface area contributed by atoms with Crippen LogP contribution < -0.4 is 15.0 Å². The second-order valence-electron chi connectivity index (χ2n) is 6.21. The molecule has 1 aliphatic rings. The zero-order chi connectivity index (χ0) is 18.8. The van der Waals surface area contributed by atoms with Crippen molar-refractivity contribution in [1.82, 2.24) is 0 Å². The highest BCUT2D eigenvalue weighted by molar-refractivity contribution is 6.07. The topological polar surface area (TPSA) is 71.8 Å². The van der Waals surface area contributed by atoms with E-state index in [2.05, 4.69) is 5.32 Å². The number of carbonyl (C=O) groups excluding carboxylic acids is 2. The van der Waals surface area contributed by atoms with Crippen LogP contribution in [0.5, 0.6) is 5.75 Å². The summed E-state index contributed by atoms with van der Waals surface area (Å²) in [6, 6.07) is 15.8. The first-order chi connectivity index (χ1) is 13.2. The van der Waals surface area contributed by atoms with Gasteiger partial charge >= 0.3 is 0 Å². The normalized spacial score (nSPS) is 12.6. The lowest BCUT2D eigenvalue weighted by atomic mass is 10.1. The highest BCUT2D eigenvalue weighted by Gasteiger charge is 2.27. The number of hydrogen-bond acceptors (Lipinski definition) is 4. The van der Waals surface area contributed by atoms with Gasteiger partial charge in [-0.15, -0.1) is 0 Å². The Hall–Kier alpha value is -3.54. The molecule has 27 heavy (non-hydrogen) atoms. The summed E-state index contributed by atoms with van der Waals surface area (Å²) < 4.78 is 10.3. The van der Waals surface area contributed by atoms with E-state index in [1.165, 1.54) is 6.26 Å². The van der Waals surface area contributed by atoms with Gasteiger partial charge < -0.3 is 19.4 Å². The fourth-order valence-corrected chi connectivity index (χ4v) is 3.15. The maximum atomic E-state index is 12.6.